The fourth-order valence-electron chi connectivity index (χ4n) is 4.69. The highest BCUT2D eigenvalue weighted by atomic mass is 35.5. The second kappa shape index (κ2) is 15.0. The number of nitrogens with zero attached hydrogens (tertiary/aromatic N) is 2. The highest BCUT2D eigenvalue weighted by Crippen LogP contribution is 2.29. The van der Waals surface area contributed by atoms with Crippen molar-refractivity contribution in [2.45, 2.75) is 44.2 Å². The summed E-state index contributed by atoms with van der Waals surface area (Å²) in [7, 11) is -4.23. The van der Waals surface area contributed by atoms with E-state index in [1.807, 2.05) is 37.3 Å². The molecule has 0 fully saturated rings. The zero-order chi connectivity index (χ0) is 31.7. The quantitative estimate of drug-likeness (QED) is 0.191. The largest absolute Gasteiger partial charge is 0.354 e. The number of sulfonamides is 1. The second-order valence-corrected chi connectivity index (χ2v) is 12.7. The summed E-state index contributed by atoms with van der Waals surface area (Å²) < 4.78 is 42.8. The van der Waals surface area contributed by atoms with E-state index in [-0.39, 0.29) is 29.5 Å². The molecule has 1 N–H and O–H groups in total. The minimum absolute atomic E-state index is 0.00361. The van der Waals surface area contributed by atoms with E-state index in [9.17, 15) is 22.4 Å². The molecule has 230 valence electrons. The highest BCUT2D eigenvalue weighted by molar-refractivity contribution is 7.92. The molecule has 0 aliphatic rings. The van der Waals surface area contributed by atoms with E-state index >= 15 is 0 Å². The van der Waals surface area contributed by atoms with Crippen LogP contribution >= 0.6 is 11.6 Å². The maximum absolute atomic E-state index is 14.4. The molecular formula is C34H35ClFN3O4S. The number of hydrogen-bond acceptors (Lipinski definition) is 4. The number of carbonyl (C=O) groups is 2. The number of rotatable bonds is 13. The summed E-state index contributed by atoms with van der Waals surface area (Å²) in [6, 6.07) is 26.5. The van der Waals surface area contributed by atoms with E-state index in [0.717, 1.165) is 15.4 Å². The number of hydrogen-bond donors (Lipinski definition) is 1. The van der Waals surface area contributed by atoms with Gasteiger partial charge >= 0.3 is 0 Å². The monoisotopic (exact) mass is 635 g/mol. The fraction of sp³-hybridized carbons (Fsp3) is 0.235. The predicted molar refractivity (Wildman–Crippen MR) is 171 cm³/mol. The zero-order valence-corrected chi connectivity index (χ0v) is 26.2. The van der Waals surface area contributed by atoms with Gasteiger partial charge < -0.3 is 10.2 Å². The molecule has 4 aromatic carbocycles. The van der Waals surface area contributed by atoms with Crippen LogP contribution in [-0.2, 0) is 32.6 Å². The van der Waals surface area contributed by atoms with Crippen molar-refractivity contribution in [1.29, 1.82) is 0 Å². The van der Waals surface area contributed by atoms with E-state index in [0.29, 0.717) is 23.6 Å². The van der Waals surface area contributed by atoms with Crippen LogP contribution in [0.4, 0.5) is 10.1 Å². The van der Waals surface area contributed by atoms with E-state index in [2.05, 4.69) is 5.32 Å². The molecule has 0 saturated heterocycles. The minimum Gasteiger partial charge on any atom is -0.354 e. The van der Waals surface area contributed by atoms with Crippen molar-refractivity contribution in [2.75, 3.05) is 17.4 Å². The standard InChI is InChI=1S/C34H35ClFN3O4S/c1-3-20-37-34(41)32(21-26-10-6-4-7-11-26)38(23-27-15-17-28(36)18-16-27)33(40)24-39(29-19-14-25(2)31(35)22-29)44(42,43)30-12-8-5-9-13-30/h4-19,22,32H,3,20-21,23-24H2,1-2H3,(H,37,41). The Morgan fingerprint density at radius 1 is 0.886 bits per heavy atom. The molecule has 1 atom stereocenters. The summed E-state index contributed by atoms with van der Waals surface area (Å²) in [4.78, 5) is 29.4. The molecule has 0 aliphatic heterocycles. The number of halogens is 2. The average molecular weight is 636 g/mol. The lowest BCUT2D eigenvalue weighted by Gasteiger charge is -2.34. The lowest BCUT2D eigenvalue weighted by atomic mass is 10.0. The third-order valence-corrected chi connectivity index (χ3v) is 9.34. The molecule has 4 rings (SSSR count). The van der Waals surface area contributed by atoms with Crippen LogP contribution < -0.4 is 9.62 Å². The van der Waals surface area contributed by atoms with Crippen molar-refractivity contribution >= 4 is 39.1 Å². The summed E-state index contributed by atoms with van der Waals surface area (Å²) in [6.45, 7) is 3.46. The van der Waals surface area contributed by atoms with Gasteiger partial charge in [-0.2, -0.15) is 0 Å². The number of nitrogens with one attached hydrogen (secondary N) is 1. The van der Waals surface area contributed by atoms with Gasteiger partial charge in [0.05, 0.1) is 10.6 Å². The Labute approximate surface area is 263 Å². The van der Waals surface area contributed by atoms with Gasteiger partial charge in [-0.15, -0.1) is 0 Å². The Hall–Kier alpha value is -4.21. The molecule has 4 aromatic rings. The van der Waals surface area contributed by atoms with Crippen molar-refractivity contribution in [3.8, 4) is 0 Å². The first-order chi connectivity index (χ1) is 21.1. The lowest BCUT2D eigenvalue weighted by molar-refractivity contribution is -0.140. The van der Waals surface area contributed by atoms with Crippen molar-refractivity contribution in [2.24, 2.45) is 0 Å². The third-order valence-electron chi connectivity index (χ3n) is 7.14. The molecular weight excluding hydrogens is 601 g/mol. The van der Waals surface area contributed by atoms with Crippen molar-refractivity contribution in [3.05, 3.63) is 131 Å². The number of anilines is 1. The molecule has 0 aromatic heterocycles. The van der Waals surface area contributed by atoms with E-state index in [4.69, 9.17) is 11.6 Å². The maximum Gasteiger partial charge on any atom is 0.264 e. The van der Waals surface area contributed by atoms with Crippen LogP contribution in [0.2, 0.25) is 5.02 Å². The number of carbonyl (C=O) groups excluding carboxylic acids is 2. The molecule has 0 aliphatic carbocycles. The van der Waals surface area contributed by atoms with Gasteiger partial charge in [0.25, 0.3) is 10.0 Å². The highest BCUT2D eigenvalue weighted by Gasteiger charge is 2.34. The first-order valence-electron chi connectivity index (χ1n) is 14.3. The van der Waals surface area contributed by atoms with Crippen molar-refractivity contribution < 1.29 is 22.4 Å². The van der Waals surface area contributed by atoms with Gasteiger partial charge in [-0.3, -0.25) is 13.9 Å². The lowest BCUT2D eigenvalue weighted by Crippen LogP contribution is -2.53. The molecule has 1 unspecified atom stereocenters. The van der Waals surface area contributed by atoms with Gasteiger partial charge in [0.1, 0.15) is 18.4 Å². The third kappa shape index (κ3) is 8.24. The SMILES string of the molecule is CCCNC(=O)C(Cc1ccccc1)N(Cc1ccc(F)cc1)C(=O)CN(c1ccc(C)c(Cl)c1)S(=O)(=O)c1ccccc1. The zero-order valence-electron chi connectivity index (χ0n) is 24.6. The fourth-order valence-corrected chi connectivity index (χ4v) is 6.29. The number of amides is 2. The molecule has 2 amide bonds. The first kappa shape index (κ1) is 32.7. The topological polar surface area (TPSA) is 86.8 Å². The van der Waals surface area contributed by atoms with E-state index in [1.54, 1.807) is 37.3 Å². The molecule has 0 radical (unpaired) electrons. The normalized spacial score (nSPS) is 11.9. The number of benzene rings is 4. The Bertz CT molecular complexity index is 1670. The maximum atomic E-state index is 14.4. The average Bonchev–Trinajstić information content (AvgIpc) is 3.03. The Morgan fingerprint density at radius 2 is 1.52 bits per heavy atom. The van der Waals surface area contributed by atoms with Gasteiger partial charge in [-0.1, -0.05) is 85.3 Å². The van der Waals surface area contributed by atoms with Crippen LogP contribution in [0.15, 0.2) is 108 Å². The summed E-state index contributed by atoms with van der Waals surface area (Å²) in [5.41, 5.74) is 2.35. The van der Waals surface area contributed by atoms with Crippen LogP contribution in [0, 0.1) is 12.7 Å². The second-order valence-electron chi connectivity index (χ2n) is 10.4. The van der Waals surface area contributed by atoms with E-state index in [1.165, 1.54) is 47.4 Å². The van der Waals surface area contributed by atoms with Gasteiger partial charge in [-0.05, 0) is 66.4 Å². The molecule has 0 heterocycles. The number of aryl methyl sites for hydroxylation is 1. The molecule has 10 heteroatoms. The molecule has 0 bridgehead atoms. The minimum atomic E-state index is -4.23. The molecule has 0 spiro atoms. The smallest absolute Gasteiger partial charge is 0.264 e. The van der Waals surface area contributed by atoms with Crippen molar-refractivity contribution in [3.63, 3.8) is 0 Å². The summed E-state index contributed by atoms with van der Waals surface area (Å²) in [6.07, 6.45) is 0.873. The van der Waals surface area contributed by atoms with E-state index < -0.39 is 34.3 Å². The van der Waals surface area contributed by atoms with Crippen LogP contribution in [0.3, 0.4) is 0 Å². The van der Waals surface area contributed by atoms with Crippen LogP contribution in [0.25, 0.3) is 0 Å². The van der Waals surface area contributed by atoms with Gasteiger partial charge in [0, 0.05) is 24.5 Å². The Kier molecular flexibility index (Phi) is 11.1. The molecule has 44 heavy (non-hydrogen) atoms. The first-order valence-corrected chi connectivity index (χ1v) is 16.1. The Balaban J connectivity index is 1.80. The predicted octanol–water partition coefficient (Wildman–Crippen LogP) is 6.15. The van der Waals surface area contributed by atoms with Crippen molar-refractivity contribution in [1.82, 2.24) is 10.2 Å². The molecule has 7 nitrogen and oxygen atoms in total. The van der Waals surface area contributed by atoms with Crippen LogP contribution in [0.5, 0.6) is 0 Å². The Morgan fingerprint density at radius 3 is 2.14 bits per heavy atom. The van der Waals surface area contributed by atoms with Crippen LogP contribution in [0.1, 0.15) is 30.0 Å². The van der Waals surface area contributed by atoms with Gasteiger partial charge in [0.15, 0.2) is 0 Å². The van der Waals surface area contributed by atoms with Gasteiger partial charge in [0.2, 0.25) is 11.8 Å². The molecule has 0 saturated carbocycles. The van der Waals surface area contributed by atoms with Gasteiger partial charge in [-0.25, -0.2) is 12.8 Å². The summed E-state index contributed by atoms with van der Waals surface area (Å²) in [5.74, 6) is -1.43. The van der Waals surface area contributed by atoms with Crippen LogP contribution in [-0.4, -0.2) is 44.3 Å². The summed E-state index contributed by atoms with van der Waals surface area (Å²) >= 11 is 6.40. The summed E-state index contributed by atoms with van der Waals surface area (Å²) in [5, 5.41) is 3.24.